The quantitative estimate of drug-likeness (QED) is 0.0930. The molecule has 11 heteroatoms. The minimum Gasteiger partial charge on any atom is -0.394 e. The van der Waals surface area contributed by atoms with Crippen molar-refractivity contribution < 1.29 is 48.8 Å². The van der Waals surface area contributed by atoms with Gasteiger partial charge in [0, 0.05) is 0 Å². The van der Waals surface area contributed by atoms with E-state index in [2.05, 4.69) is 6.92 Å². The number of hydrogen-bond acceptors (Lipinski definition) is 10. The largest absolute Gasteiger partial charge is 0.475 e. The molecule has 0 rings (SSSR count). The summed E-state index contributed by atoms with van der Waals surface area (Å²) in [4.78, 5) is 0. The van der Waals surface area contributed by atoms with Gasteiger partial charge < -0.3 is 30.6 Å². The molecule has 0 aliphatic heterocycles. The summed E-state index contributed by atoms with van der Waals surface area (Å²) in [7, 11) is -4.54. The van der Waals surface area contributed by atoms with Crippen LogP contribution >= 0.6 is 7.82 Å². The molecular weight excluding hydrogens is 467 g/mol. The van der Waals surface area contributed by atoms with Gasteiger partial charge in [0.05, 0.1) is 33.0 Å². The van der Waals surface area contributed by atoms with Gasteiger partial charge in [0.1, 0.15) is 23.4 Å². The Labute approximate surface area is 204 Å². The average molecular weight is 517 g/mol. The first-order valence-electron chi connectivity index (χ1n) is 12.5. The van der Waals surface area contributed by atoms with Gasteiger partial charge in [0.15, 0.2) is 0 Å². The van der Waals surface area contributed by atoms with Gasteiger partial charge in [-0.25, -0.2) is 4.57 Å². The molecule has 0 aromatic rings. The maximum absolute atomic E-state index is 13.6. The lowest BCUT2D eigenvalue weighted by Crippen LogP contribution is -2.61. The summed E-state index contributed by atoms with van der Waals surface area (Å²) >= 11 is 0. The fourth-order valence-electron chi connectivity index (χ4n) is 4.13. The SMILES string of the molecule is CCCCCCCCC(C)C(CC)(OP(=O)(OCC(O)CO)OCC(O)CO)C(O)(CC)CO. The fraction of sp³-hybridized carbons (Fsp3) is 1.00. The van der Waals surface area contributed by atoms with Crippen LogP contribution in [-0.2, 0) is 18.1 Å². The van der Waals surface area contributed by atoms with Crippen molar-refractivity contribution in [1.82, 2.24) is 0 Å². The average Bonchev–Trinajstić information content (AvgIpc) is 2.85. The van der Waals surface area contributed by atoms with Crippen LogP contribution < -0.4 is 0 Å². The highest BCUT2D eigenvalue weighted by Gasteiger charge is 2.56. The highest BCUT2D eigenvalue weighted by molar-refractivity contribution is 7.48. The lowest BCUT2D eigenvalue weighted by molar-refractivity contribution is -0.196. The Kier molecular flexibility index (Phi) is 17.3. The molecule has 0 amide bonds. The molecule has 0 heterocycles. The first kappa shape index (κ1) is 33.9. The Hall–Kier alpha value is -0.130. The van der Waals surface area contributed by atoms with Crippen molar-refractivity contribution in [1.29, 1.82) is 0 Å². The smallest absolute Gasteiger partial charge is 0.394 e. The number of aliphatic hydroxyl groups excluding tert-OH is 5. The van der Waals surface area contributed by atoms with E-state index in [1.54, 1.807) is 13.8 Å². The number of aliphatic hydroxyl groups is 6. The molecule has 0 spiro atoms. The molecule has 0 fully saturated rings. The van der Waals surface area contributed by atoms with Crippen molar-refractivity contribution in [3.05, 3.63) is 0 Å². The summed E-state index contributed by atoms with van der Waals surface area (Å²) in [5.74, 6) is -0.369. The van der Waals surface area contributed by atoms with Gasteiger partial charge in [-0.15, -0.1) is 0 Å². The van der Waals surface area contributed by atoms with Crippen molar-refractivity contribution >= 4 is 7.82 Å². The molecule has 6 N–H and O–H groups in total. The topological polar surface area (TPSA) is 166 Å². The van der Waals surface area contributed by atoms with E-state index in [1.807, 2.05) is 6.92 Å². The molecule has 0 aliphatic rings. The number of unbranched alkanes of at least 4 members (excludes halogenated alkanes) is 5. The van der Waals surface area contributed by atoms with E-state index in [4.69, 9.17) is 23.8 Å². The van der Waals surface area contributed by atoms with Crippen molar-refractivity contribution in [3.8, 4) is 0 Å². The monoisotopic (exact) mass is 516 g/mol. The maximum atomic E-state index is 13.6. The third-order valence-electron chi connectivity index (χ3n) is 6.49. The van der Waals surface area contributed by atoms with E-state index in [1.165, 1.54) is 6.42 Å². The van der Waals surface area contributed by atoms with E-state index in [-0.39, 0.29) is 18.8 Å². The zero-order valence-electron chi connectivity index (χ0n) is 21.4. The Morgan fingerprint density at radius 2 is 1.32 bits per heavy atom. The number of hydrogen-bond donors (Lipinski definition) is 6. The highest BCUT2D eigenvalue weighted by Crippen LogP contribution is 2.58. The van der Waals surface area contributed by atoms with Crippen LogP contribution in [0.3, 0.4) is 0 Å². The summed E-state index contributed by atoms with van der Waals surface area (Å²) in [5.41, 5.74) is -3.32. The molecule has 0 aliphatic carbocycles. The van der Waals surface area contributed by atoms with Crippen LogP contribution in [0.2, 0.25) is 0 Å². The first-order valence-corrected chi connectivity index (χ1v) is 14.0. The molecule has 5 unspecified atom stereocenters. The second kappa shape index (κ2) is 17.3. The Morgan fingerprint density at radius 1 is 0.824 bits per heavy atom. The molecule has 5 atom stereocenters. The molecule has 0 aromatic carbocycles. The van der Waals surface area contributed by atoms with Gasteiger partial charge >= 0.3 is 7.82 Å². The van der Waals surface area contributed by atoms with Crippen LogP contribution in [0, 0.1) is 5.92 Å². The van der Waals surface area contributed by atoms with Gasteiger partial charge in [0.2, 0.25) is 0 Å². The Morgan fingerprint density at radius 3 is 1.74 bits per heavy atom. The van der Waals surface area contributed by atoms with Crippen LogP contribution in [0.1, 0.15) is 85.5 Å². The minimum absolute atomic E-state index is 0.0940. The summed E-state index contributed by atoms with van der Waals surface area (Å²) in [5, 5.41) is 59.1. The third kappa shape index (κ3) is 10.5. The van der Waals surface area contributed by atoms with Gasteiger partial charge in [0.25, 0.3) is 0 Å². The van der Waals surface area contributed by atoms with Gasteiger partial charge in [-0.3, -0.25) is 13.6 Å². The van der Waals surface area contributed by atoms with Crippen LogP contribution in [0.5, 0.6) is 0 Å². The molecule has 206 valence electrons. The number of phosphoric acid groups is 1. The minimum atomic E-state index is -4.54. The van der Waals surface area contributed by atoms with Gasteiger partial charge in [-0.05, 0) is 25.2 Å². The molecule has 34 heavy (non-hydrogen) atoms. The standard InChI is InChI=1S/C23H49O10P/c1-5-8-9-10-11-12-13-19(4)23(7-3,22(29,6-2)18-26)33-34(30,31-16-20(27)14-24)32-17-21(28)15-25/h19-21,24-29H,5-18H2,1-4H3. The Bertz CT molecular complexity index is 542. The predicted octanol–water partition coefficient (Wildman–Crippen LogP) is 2.52. The van der Waals surface area contributed by atoms with Gasteiger partial charge in [-0.2, -0.15) is 0 Å². The highest BCUT2D eigenvalue weighted by atomic mass is 31.2. The second-order valence-electron chi connectivity index (χ2n) is 9.05. The first-order chi connectivity index (χ1) is 16.0. The Balaban J connectivity index is 5.92. The number of rotatable bonds is 22. The van der Waals surface area contributed by atoms with E-state index >= 15 is 0 Å². The van der Waals surface area contributed by atoms with Crippen molar-refractivity contribution in [2.24, 2.45) is 5.92 Å². The molecule has 10 nitrogen and oxygen atoms in total. The van der Waals surface area contributed by atoms with Crippen LogP contribution in [0.25, 0.3) is 0 Å². The van der Waals surface area contributed by atoms with Crippen molar-refractivity contribution in [3.63, 3.8) is 0 Å². The van der Waals surface area contributed by atoms with Crippen LogP contribution in [0.15, 0.2) is 0 Å². The fourth-order valence-corrected chi connectivity index (χ4v) is 5.90. The predicted molar refractivity (Wildman–Crippen MR) is 129 cm³/mol. The molecule has 0 bridgehead atoms. The number of phosphoric ester groups is 1. The van der Waals surface area contributed by atoms with Gasteiger partial charge in [-0.1, -0.05) is 66.2 Å². The molecular formula is C23H49O10P. The van der Waals surface area contributed by atoms with Crippen LogP contribution in [0.4, 0.5) is 0 Å². The summed E-state index contributed by atoms with van der Waals surface area (Å²) in [6.07, 6.45) is 4.56. The lowest BCUT2D eigenvalue weighted by Gasteiger charge is -2.49. The van der Waals surface area contributed by atoms with E-state index < -0.39 is 64.3 Å². The summed E-state index contributed by atoms with van der Waals surface area (Å²) in [6.45, 7) is 4.29. The lowest BCUT2D eigenvalue weighted by atomic mass is 9.70. The second-order valence-corrected chi connectivity index (χ2v) is 10.6. The third-order valence-corrected chi connectivity index (χ3v) is 7.97. The zero-order valence-corrected chi connectivity index (χ0v) is 22.3. The molecule has 0 aromatic heterocycles. The normalized spacial score (nSPS) is 20.2. The molecule has 0 saturated heterocycles. The van der Waals surface area contributed by atoms with Crippen molar-refractivity contribution in [2.75, 3.05) is 33.0 Å². The van der Waals surface area contributed by atoms with E-state index in [0.29, 0.717) is 6.42 Å². The summed E-state index contributed by atoms with van der Waals surface area (Å²) in [6, 6.07) is 0. The van der Waals surface area contributed by atoms with Crippen molar-refractivity contribution in [2.45, 2.75) is 109 Å². The van der Waals surface area contributed by atoms with E-state index in [0.717, 1.165) is 32.1 Å². The molecule has 0 radical (unpaired) electrons. The summed E-state index contributed by atoms with van der Waals surface area (Å²) < 4.78 is 30.1. The zero-order chi connectivity index (χ0) is 26.3. The maximum Gasteiger partial charge on any atom is 0.475 e. The van der Waals surface area contributed by atoms with E-state index in [9.17, 15) is 25.0 Å². The molecule has 0 saturated carbocycles. The van der Waals surface area contributed by atoms with Crippen LogP contribution in [-0.4, -0.2) is 87.1 Å².